The Morgan fingerprint density at radius 3 is 2.79 bits per heavy atom. The zero-order valence-electron chi connectivity index (χ0n) is 16.8. The van der Waals surface area contributed by atoms with E-state index in [0.29, 0.717) is 29.7 Å². The van der Waals surface area contributed by atoms with E-state index < -0.39 is 11.9 Å². The lowest BCUT2D eigenvalue weighted by Gasteiger charge is -2.24. The predicted molar refractivity (Wildman–Crippen MR) is 108 cm³/mol. The van der Waals surface area contributed by atoms with Crippen LogP contribution in [0.1, 0.15) is 62.9 Å². The number of unbranched alkanes of at least 4 members (excludes halogenated alkanes) is 2. The third-order valence-corrected chi connectivity index (χ3v) is 5.16. The van der Waals surface area contributed by atoms with Gasteiger partial charge in [0.05, 0.1) is 10.9 Å². The molecule has 0 saturated carbocycles. The zero-order valence-corrected chi connectivity index (χ0v) is 16.8. The van der Waals surface area contributed by atoms with Gasteiger partial charge in [-0.05, 0) is 37.5 Å². The molecule has 1 aromatic heterocycles. The van der Waals surface area contributed by atoms with Gasteiger partial charge in [0, 0.05) is 19.4 Å². The Bertz CT molecular complexity index is 1010. The monoisotopic (exact) mass is 398 g/mol. The van der Waals surface area contributed by atoms with Crippen molar-refractivity contribution in [1.29, 1.82) is 0 Å². The molecule has 2 aromatic rings. The van der Waals surface area contributed by atoms with Crippen LogP contribution in [0.5, 0.6) is 0 Å². The number of imide groups is 1. The van der Waals surface area contributed by atoms with Crippen LogP contribution in [0.4, 0.5) is 0 Å². The van der Waals surface area contributed by atoms with E-state index in [2.05, 4.69) is 22.5 Å². The van der Waals surface area contributed by atoms with Crippen LogP contribution in [-0.4, -0.2) is 27.3 Å². The Balaban J connectivity index is 1.84. The molecule has 3 rings (SSSR count). The van der Waals surface area contributed by atoms with E-state index in [1.165, 1.54) is 4.57 Å². The maximum absolute atomic E-state index is 13.1. The summed E-state index contributed by atoms with van der Waals surface area (Å²) >= 11 is 0. The van der Waals surface area contributed by atoms with Gasteiger partial charge in [-0.25, -0.2) is 4.98 Å². The molecule has 1 aliphatic rings. The molecule has 1 unspecified atom stereocenters. The van der Waals surface area contributed by atoms with Crippen LogP contribution in [0.25, 0.3) is 10.9 Å². The molecule has 0 radical (unpaired) electrons. The predicted octanol–water partition coefficient (Wildman–Crippen LogP) is 1.88. The van der Waals surface area contributed by atoms with Gasteiger partial charge in [-0.15, -0.1) is 0 Å². The second-order valence-electron chi connectivity index (χ2n) is 7.39. The lowest BCUT2D eigenvalue weighted by atomic mass is 10.0. The van der Waals surface area contributed by atoms with Gasteiger partial charge in [0.15, 0.2) is 0 Å². The van der Waals surface area contributed by atoms with E-state index >= 15 is 0 Å². The first-order valence-electron chi connectivity index (χ1n) is 10.0. The Kier molecular flexibility index (Phi) is 6.41. The highest BCUT2D eigenvalue weighted by Crippen LogP contribution is 2.20. The van der Waals surface area contributed by atoms with Crippen molar-refractivity contribution < 1.29 is 14.4 Å². The number of fused-ring (bicyclic) bond motifs is 1. The van der Waals surface area contributed by atoms with E-state index in [-0.39, 0.29) is 30.2 Å². The summed E-state index contributed by atoms with van der Waals surface area (Å²) in [6.45, 7) is 4.09. The average molecular weight is 398 g/mol. The van der Waals surface area contributed by atoms with Crippen LogP contribution in [0, 0.1) is 6.92 Å². The fourth-order valence-electron chi connectivity index (χ4n) is 3.59. The van der Waals surface area contributed by atoms with E-state index in [9.17, 15) is 19.2 Å². The maximum Gasteiger partial charge on any atom is 0.262 e. The topological polar surface area (TPSA) is 110 Å². The second kappa shape index (κ2) is 8.98. The third-order valence-electron chi connectivity index (χ3n) is 5.16. The number of amides is 3. The van der Waals surface area contributed by atoms with Crippen molar-refractivity contribution in [2.45, 2.75) is 65.0 Å². The molecule has 2 N–H and O–H groups in total. The summed E-state index contributed by atoms with van der Waals surface area (Å²) in [5.41, 5.74) is 1.01. The summed E-state index contributed by atoms with van der Waals surface area (Å²) in [6.07, 6.45) is 3.89. The average Bonchev–Trinajstić information content (AvgIpc) is 2.68. The van der Waals surface area contributed by atoms with Crippen molar-refractivity contribution in [2.24, 2.45) is 0 Å². The van der Waals surface area contributed by atoms with Gasteiger partial charge in [-0.1, -0.05) is 25.8 Å². The zero-order chi connectivity index (χ0) is 21.0. The molecule has 2 heterocycles. The fraction of sp³-hybridized carbons (Fsp3) is 0.476. The van der Waals surface area contributed by atoms with Gasteiger partial charge in [-0.2, -0.15) is 0 Å². The molecule has 29 heavy (non-hydrogen) atoms. The number of nitrogens with zero attached hydrogens (tertiary/aromatic N) is 2. The van der Waals surface area contributed by atoms with Crippen LogP contribution >= 0.6 is 0 Å². The molecule has 1 atom stereocenters. The van der Waals surface area contributed by atoms with Crippen LogP contribution in [0.15, 0.2) is 23.0 Å². The van der Waals surface area contributed by atoms with Crippen molar-refractivity contribution in [1.82, 2.24) is 20.2 Å². The van der Waals surface area contributed by atoms with Gasteiger partial charge in [0.2, 0.25) is 17.7 Å². The number of benzene rings is 1. The highest BCUT2D eigenvalue weighted by molar-refractivity contribution is 5.99. The second-order valence-corrected chi connectivity index (χ2v) is 7.39. The summed E-state index contributed by atoms with van der Waals surface area (Å²) in [5, 5.41) is 5.54. The van der Waals surface area contributed by atoms with E-state index in [0.717, 1.165) is 24.8 Å². The molecule has 154 valence electrons. The molecule has 0 spiro atoms. The molecule has 1 fully saturated rings. The van der Waals surface area contributed by atoms with Crippen molar-refractivity contribution in [3.8, 4) is 0 Å². The smallest absolute Gasteiger partial charge is 0.262 e. The molecule has 1 aliphatic heterocycles. The number of piperidine rings is 1. The minimum Gasteiger partial charge on any atom is -0.352 e. The number of nitrogens with one attached hydrogen (secondary N) is 2. The summed E-state index contributed by atoms with van der Waals surface area (Å²) in [4.78, 5) is 53.2. The lowest BCUT2D eigenvalue weighted by molar-refractivity contribution is -0.135. The molecule has 8 heteroatoms. The van der Waals surface area contributed by atoms with E-state index in [1.807, 2.05) is 6.07 Å². The largest absolute Gasteiger partial charge is 0.352 e. The number of aryl methyl sites for hydroxylation is 1. The van der Waals surface area contributed by atoms with Crippen molar-refractivity contribution in [3.05, 3.63) is 39.9 Å². The lowest BCUT2D eigenvalue weighted by Crippen LogP contribution is -2.45. The van der Waals surface area contributed by atoms with Crippen molar-refractivity contribution >= 4 is 28.6 Å². The van der Waals surface area contributed by atoms with Crippen LogP contribution < -0.4 is 16.2 Å². The minimum atomic E-state index is -0.751. The molecule has 8 nitrogen and oxygen atoms in total. The number of carbonyl (C=O) groups excluding carboxylic acids is 3. The molecule has 1 saturated heterocycles. The third kappa shape index (κ3) is 4.70. The molecule has 3 amide bonds. The highest BCUT2D eigenvalue weighted by Gasteiger charge is 2.30. The number of rotatable bonds is 7. The summed E-state index contributed by atoms with van der Waals surface area (Å²) in [7, 11) is 0. The first-order chi connectivity index (χ1) is 13.9. The normalized spacial score (nSPS) is 16.7. The summed E-state index contributed by atoms with van der Waals surface area (Å²) in [6, 6.07) is 4.53. The van der Waals surface area contributed by atoms with E-state index in [4.69, 9.17) is 0 Å². The van der Waals surface area contributed by atoms with Crippen LogP contribution in [0.2, 0.25) is 0 Å². The minimum absolute atomic E-state index is 0.0125. The van der Waals surface area contributed by atoms with Crippen LogP contribution in [0.3, 0.4) is 0 Å². The SMILES string of the molecule is CCCCCC(=O)NCc1ccc2nc(C)n(C3CCC(=O)NC3=O)c(=O)c2c1. The Hall–Kier alpha value is -3.03. The molecule has 1 aromatic carbocycles. The fourth-order valence-corrected chi connectivity index (χ4v) is 3.59. The van der Waals surface area contributed by atoms with Crippen molar-refractivity contribution in [3.63, 3.8) is 0 Å². The number of aromatic nitrogens is 2. The van der Waals surface area contributed by atoms with Gasteiger partial charge < -0.3 is 5.32 Å². The highest BCUT2D eigenvalue weighted by atomic mass is 16.2. The first kappa shape index (κ1) is 20.7. The number of hydrogen-bond acceptors (Lipinski definition) is 5. The quantitative estimate of drug-likeness (QED) is 0.547. The molecular weight excluding hydrogens is 372 g/mol. The standard InChI is InChI=1S/C21H26N4O4/c1-3-4-5-6-18(26)22-12-14-7-8-16-15(11-14)21(29)25(13(2)23-16)17-9-10-19(27)24-20(17)28/h7-8,11,17H,3-6,9-10,12H2,1-2H3,(H,22,26)(H,24,27,28). The maximum atomic E-state index is 13.1. The summed E-state index contributed by atoms with van der Waals surface area (Å²) < 4.78 is 1.36. The molecule has 0 bridgehead atoms. The Labute approximate surface area is 168 Å². The number of carbonyl (C=O) groups is 3. The summed E-state index contributed by atoms with van der Waals surface area (Å²) in [5.74, 6) is -0.402. The number of hydrogen-bond donors (Lipinski definition) is 2. The van der Waals surface area contributed by atoms with Crippen molar-refractivity contribution in [2.75, 3.05) is 0 Å². The Morgan fingerprint density at radius 2 is 2.07 bits per heavy atom. The van der Waals surface area contributed by atoms with E-state index in [1.54, 1.807) is 19.1 Å². The van der Waals surface area contributed by atoms with Gasteiger partial charge in [0.25, 0.3) is 5.56 Å². The first-order valence-corrected chi connectivity index (χ1v) is 10.0. The molecule has 0 aliphatic carbocycles. The molecular formula is C21H26N4O4. The van der Waals surface area contributed by atoms with Crippen LogP contribution in [-0.2, 0) is 20.9 Å². The van der Waals surface area contributed by atoms with Gasteiger partial charge in [0.1, 0.15) is 11.9 Å². The Morgan fingerprint density at radius 1 is 1.28 bits per heavy atom. The van der Waals surface area contributed by atoms with Gasteiger partial charge >= 0.3 is 0 Å². The van der Waals surface area contributed by atoms with Gasteiger partial charge in [-0.3, -0.25) is 29.1 Å².